The Bertz CT molecular complexity index is 1700. The van der Waals surface area contributed by atoms with Crippen molar-refractivity contribution in [3.05, 3.63) is 54.2 Å². The van der Waals surface area contributed by atoms with E-state index in [-0.39, 0.29) is 54.2 Å². The van der Waals surface area contributed by atoms with Crippen LogP contribution in [0.3, 0.4) is 0 Å². The largest absolute Gasteiger partial charge is 0.494 e. The molecule has 0 aliphatic carbocycles. The van der Waals surface area contributed by atoms with Crippen LogP contribution in [0.4, 0.5) is 29.1 Å². The van der Waals surface area contributed by atoms with Crippen LogP contribution in [-0.4, -0.2) is 73.8 Å². The number of ether oxygens (including phenoxy) is 1. The smallest absolute Gasteiger partial charge is 0.265 e. The summed E-state index contributed by atoms with van der Waals surface area (Å²) in [6, 6.07) is 3.47. The van der Waals surface area contributed by atoms with Crippen LogP contribution < -0.4 is 20.7 Å². The zero-order chi connectivity index (χ0) is 32.5. The summed E-state index contributed by atoms with van der Waals surface area (Å²) in [5.41, 5.74) is 6.45. The van der Waals surface area contributed by atoms with Crippen molar-refractivity contribution in [2.24, 2.45) is 11.7 Å². The van der Waals surface area contributed by atoms with Gasteiger partial charge in [-0.15, -0.1) is 0 Å². The van der Waals surface area contributed by atoms with Crippen LogP contribution in [0.25, 0.3) is 22.4 Å². The van der Waals surface area contributed by atoms with Gasteiger partial charge in [0, 0.05) is 30.6 Å². The topological polar surface area (TPSA) is 144 Å². The number of piperidine rings is 1. The van der Waals surface area contributed by atoms with Gasteiger partial charge in [-0.05, 0) is 37.0 Å². The molecule has 4 N–H and O–H groups in total. The number of fused-ring (bicyclic) bond motifs is 1. The highest BCUT2D eigenvalue weighted by Gasteiger charge is 2.43. The van der Waals surface area contributed by atoms with Gasteiger partial charge < -0.3 is 30.4 Å². The van der Waals surface area contributed by atoms with E-state index >= 15 is 4.39 Å². The molecule has 1 aliphatic heterocycles. The summed E-state index contributed by atoms with van der Waals surface area (Å²) in [5, 5.41) is 13.0. The molecule has 1 saturated heterocycles. The number of carbonyl (C=O) groups is 1. The highest BCUT2D eigenvalue weighted by atomic mass is 19.3. The van der Waals surface area contributed by atoms with Crippen molar-refractivity contribution in [2.45, 2.75) is 57.7 Å². The molecule has 4 heterocycles. The molecular weight excluding hydrogens is 596 g/mol. The predicted octanol–water partition coefficient (Wildman–Crippen LogP) is 4.13. The molecule has 5 rings (SSSR count). The van der Waals surface area contributed by atoms with E-state index in [4.69, 9.17) is 10.5 Å². The molecule has 1 aromatic carbocycles. The molecule has 15 heteroatoms. The molecule has 1 amide bonds. The molecule has 0 radical (unpaired) electrons. The Labute approximate surface area is 256 Å². The number of pyridine rings is 1. The Kier molecular flexibility index (Phi) is 9.20. The molecule has 0 spiro atoms. The number of nitrogens with two attached hydrogens (primary N) is 1. The number of methoxy groups -OCH3 is 1. The number of rotatable bonds is 10. The lowest BCUT2D eigenvalue weighted by Crippen LogP contribution is -2.63. The number of anilines is 2. The number of aliphatic hydroxyl groups excluding tert-OH is 1. The van der Waals surface area contributed by atoms with E-state index in [1.165, 1.54) is 26.0 Å². The normalized spacial score (nSPS) is 18.3. The fourth-order valence-electron chi connectivity index (χ4n) is 5.44. The number of nitrogens with zero attached hydrogens (tertiary/aromatic N) is 6. The van der Waals surface area contributed by atoms with E-state index in [0.29, 0.717) is 41.8 Å². The number of hydrogen-bond acceptors (Lipinski definition) is 9. The minimum absolute atomic E-state index is 0.0862. The average molecular weight is 631 g/mol. The third-order valence-corrected chi connectivity index (χ3v) is 8.25. The lowest BCUT2D eigenvalue weighted by atomic mass is 9.84. The number of imidazole rings is 1. The number of halogens is 4. The minimum Gasteiger partial charge on any atom is -0.494 e. The second-order valence-electron chi connectivity index (χ2n) is 11.3. The maximum absolute atomic E-state index is 15.1. The summed E-state index contributed by atoms with van der Waals surface area (Å²) in [4.78, 5) is 31.7. The molecule has 240 valence electrons. The second-order valence-corrected chi connectivity index (χ2v) is 11.3. The first-order valence-corrected chi connectivity index (χ1v) is 14.4. The zero-order valence-electron chi connectivity index (χ0n) is 25.0. The van der Waals surface area contributed by atoms with Crippen LogP contribution in [0, 0.1) is 17.6 Å². The van der Waals surface area contributed by atoms with Gasteiger partial charge in [-0.2, -0.15) is 0 Å². The second kappa shape index (κ2) is 12.9. The van der Waals surface area contributed by atoms with Crippen molar-refractivity contribution >= 4 is 28.6 Å². The van der Waals surface area contributed by atoms with E-state index < -0.39 is 29.7 Å². The fraction of sp³-hybridized carbons (Fsp3) is 0.433. The standard InChI is InChI=1S/C30H34F4N8O3/c1-4-16(2)29(44)40-27-24-28(38-14-37-27)42(15-39-24)12-17-8-21(18-9-20(32)23(45-3)10-19(18)31)36-11-22(17)41-7-5-6-30(35,13-41)25(43)26(33)34/h8-11,14-16,25-26,43H,4-7,12-13,35H2,1-3H3,(H,37,38,40,44)/t16?,25-,30-/m1/s1. The molecule has 1 fully saturated rings. The third kappa shape index (κ3) is 6.40. The number of amides is 1. The number of nitrogens with one attached hydrogen (secondary N) is 1. The summed E-state index contributed by atoms with van der Waals surface area (Å²) in [5.74, 6) is -2.04. The number of aliphatic hydroxyl groups is 1. The highest BCUT2D eigenvalue weighted by Crippen LogP contribution is 2.35. The molecule has 0 saturated carbocycles. The summed E-state index contributed by atoms with van der Waals surface area (Å²) < 4.78 is 63.3. The molecule has 4 aromatic rings. The van der Waals surface area contributed by atoms with Crippen molar-refractivity contribution in [1.82, 2.24) is 24.5 Å². The number of aromatic nitrogens is 5. The van der Waals surface area contributed by atoms with Crippen LogP contribution in [0.15, 0.2) is 37.1 Å². The van der Waals surface area contributed by atoms with Gasteiger partial charge in [0.1, 0.15) is 18.2 Å². The van der Waals surface area contributed by atoms with Gasteiger partial charge in [0.2, 0.25) is 5.91 Å². The van der Waals surface area contributed by atoms with E-state index in [0.717, 1.165) is 12.1 Å². The number of alkyl halides is 2. The first kappa shape index (κ1) is 32.0. The van der Waals surface area contributed by atoms with Crippen molar-refractivity contribution < 1.29 is 32.2 Å². The first-order valence-electron chi connectivity index (χ1n) is 14.4. The highest BCUT2D eigenvalue weighted by molar-refractivity contribution is 5.97. The Morgan fingerprint density at radius 1 is 1.18 bits per heavy atom. The zero-order valence-corrected chi connectivity index (χ0v) is 25.0. The summed E-state index contributed by atoms with van der Waals surface area (Å²) in [6.45, 7) is 4.10. The number of benzene rings is 1. The van der Waals surface area contributed by atoms with Crippen molar-refractivity contribution in [2.75, 3.05) is 30.4 Å². The monoisotopic (exact) mass is 630 g/mol. The molecule has 1 aliphatic rings. The number of carbonyl (C=O) groups excluding carboxylic acids is 1. The van der Waals surface area contributed by atoms with Gasteiger partial charge in [0.25, 0.3) is 6.43 Å². The van der Waals surface area contributed by atoms with Crippen LogP contribution in [0.1, 0.15) is 38.7 Å². The molecule has 0 bridgehead atoms. The maximum Gasteiger partial charge on any atom is 0.265 e. The molecular formula is C30H34F4N8O3. The van der Waals surface area contributed by atoms with Gasteiger partial charge >= 0.3 is 0 Å². The molecule has 3 aromatic heterocycles. The lowest BCUT2D eigenvalue weighted by molar-refractivity contribution is -0.119. The Hall–Kier alpha value is -4.37. The Morgan fingerprint density at radius 3 is 2.67 bits per heavy atom. The van der Waals surface area contributed by atoms with Crippen LogP contribution in [-0.2, 0) is 11.3 Å². The quantitative estimate of drug-likeness (QED) is 0.220. The molecule has 45 heavy (non-hydrogen) atoms. The molecule has 11 nitrogen and oxygen atoms in total. The van der Waals surface area contributed by atoms with E-state index in [9.17, 15) is 23.1 Å². The van der Waals surface area contributed by atoms with E-state index in [1.807, 2.05) is 6.92 Å². The first-order chi connectivity index (χ1) is 21.4. The average Bonchev–Trinajstić information content (AvgIpc) is 3.44. The Morgan fingerprint density at radius 2 is 1.96 bits per heavy atom. The minimum atomic E-state index is -3.03. The summed E-state index contributed by atoms with van der Waals surface area (Å²) >= 11 is 0. The SMILES string of the molecule is CCC(C)C(=O)Nc1ncnc2c1ncn2Cc1cc(-c2cc(F)c(OC)cc2F)ncc1N1CCC[C@](N)([C@H](O)C(F)F)C1. The Balaban J connectivity index is 1.57. The third-order valence-electron chi connectivity index (χ3n) is 8.25. The summed E-state index contributed by atoms with van der Waals surface area (Å²) in [6.07, 6.45) is 0.384. The van der Waals surface area contributed by atoms with Crippen LogP contribution in [0.5, 0.6) is 5.75 Å². The van der Waals surface area contributed by atoms with Crippen LogP contribution >= 0.6 is 0 Å². The van der Waals surface area contributed by atoms with Gasteiger partial charge in [-0.1, -0.05) is 13.8 Å². The van der Waals surface area contributed by atoms with Gasteiger partial charge in [-0.25, -0.2) is 32.5 Å². The van der Waals surface area contributed by atoms with E-state index in [1.54, 1.807) is 22.5 Å². The molecule has 1 unspecified atom stereocenters. The molecule has 3 atom stereocenters. The summed E-state index contributed by atoms with van der Waals surface area (Å²) in [7, 11) is 1.23. The maximum atomic E-state index is 15.1. The fourth-order valence-corrected chi connectivity index (χ4v) is 5.44. The predicted molar refractivity (Wildman–Crippen MR) is 159 cm³/mol. The van der Waals surface area contributed by atoms with Crippen molar-refractivity contribution in [3.63, 3.8) is 0 Å². The lowest BCUT2D eigenvalue weighted by Gasteiger charge is -2.44. The van der Waals surface area contributed by atoms with Crippen molar-refractivity contribution in [3.8, 4) is 17.0 Å². The van der Waals surface area contributed by atoms with Gasteiger partial charge in [0.15, 0.2) is 28.5 Å². The van der Waals surface area contributed by atoms with Gasteiger partial charge in [0.05, 0.1) is 43.1 Å². The van der Waals surface area contributed by atoms with E-state index in [2.05, 4.69) is 25.3 Å². The van der Waals surface area contributed by atoms with Gasteiger partial charge in [-0.3, -0.25) is 9.78 Å². The number of hydrogen-bond donors (Lipinski definition) is 3. The van der Waals surface area contributed by atoms with Crippen molar-refractivity contribution in [1.29, 1.82) is 0 Å². The van der Waals surface area contributed by atoms with Crippen LogP contribution in [0.2, 0.25) is 0 Å².